The zero-order valence-electron chi connectivity index (χ0n) is 23.3. The fourth-order valence-corrected chi connectivity index (χ4v) is 7.85. The maximum atomic E-state index is 16.7. The number of halogens is 2. The lowest BCUT2D eigenvalue weighted by Gasteiger charge is -2.31. The normalized spacial score (nSPS) is 27.1. The molecule has 4 aromatic rings. The molecule has 4 aliphatic heterocycles. The molecule has 9 heteroatoms. The number of benzene rings is 2. The van der Waals surface area contributed by atoms with Gasteiger partial charge in [0.15, 0.2) is 5.82 Å². The summed E-state index contributed by atoms with van der Waals surface area (Å²) in [5, 5.41) is 5.72. The van der Waals surface area contributed by atoms with Gasteiger partial charge in [-0.1, -0.05) is 36.3 Å². The van der Waals surface area contributed by atoms with Gasteiger partial charge < -0.3 is 15.0 Å². The van der Waals surface area contributed by atoms with Crippen molar-refractivity contribution in [3.8, 4) is 29.6 Å². The Balaban J connectivity index is 1.25. The number of alkyl halides is 1. The third kappa shape index (κ3) is 4.03. The molecule has 8 rings (SSSR count). The quantitative estimate of drug-likeness (QED) is 0.355. The molecule has 0 spiro atoms. The molecule has 1 N–H and O–H groups in total. The van der Waals surface area contributed by atoms with Crippen molar-refractivity contribution in [1.29, 1.82) is 0 Å². The summed E-state index contributed by atoms with van der Waals surface area (Å²) < 4.78 is 37.3. The van der Waals surface area contributed by atoms with Crippen LogP contribution in [0.2, 0.25) is 0 Å². The molecule has 0 saturated carbocycles. The third-order valence-corrected chi connectivity index (χ3v) is 9.88. The second kappa shape index (κ2) is 9.85. The van der Waals surface area contributed by atoms with E-state index in [1.54, 1.807) is 6.20 Å². The molecule has 7 nitrogen and oxygen atoms in total. The van der Waals surface area contributed by atoms with E-state index in [4.69, 9.17) is 16.1 Å². The molecule has 4 atom stereocenters. The molecule has 4 fully saturated rings. The molecule has 6 heterocycles. The highest BCUT2D eigenvalue weighted by Gasteiger charge is 2.49. The van der Waals surface area contributed by atoms with E-state index in [9.17, 15) is 4.39 Å². The van der Waals surface area contributed by atoms with E-state index >= 15 is 4.39 Å². The maximum absolute atomic E-state index is 16.7. The highest BCUT2D eigenvalue weighted by Crippen LogP contribution is 2.41. The smallest absolute Gasteiger partial charge is 0.319 e. The summed E-state index contributed by atoms with van der Waals surface area (Å²) in [4.78, 5) is 18.5. The van der Waals surface area contributed by atoms with Crippen LogP contribution >= 0.6 is 0 Å². The lowest BCUT2D eigenvalue weighted by atomic mass is 9.95. The first kappa shape index (κ1) is 25.8. The Morgan fingerprint density at radius 1 is 1.10 bits per heavy atom. The molecule has 0 radical (unpaired) electrons. The van der Waals surface area contributed by atoms with Gasteiger partial charge in [0, 0.05) is 61.9 Å². The number of rotatable bonds is 5. The SMILES string of the molecule is C#Cc1cccc2cccc(-c3ncc4c(N5CC6CNCC6C5)nc(OC[C@@]56CCCN5CC(F)C6)nc4c3F)c12. The summed E-state index contributed by atoms with van der Waals surface area (Å²) >= 11 is 0. The summed E-state index contributed by atoms with van der Waals surface area (Å²) in [7, 11) is 0. The minimum atomic E-state index is -0.862. The molecule has 214 valence electrons. The molecule has 0 aliphatic carbocycles. The number of nitrogens with zero attached hydrogens (tertiary/aromatic N) is 5. The van der Waals surface area contributed by atoms with Gasteiger partial charge in [0.05, 0.1) is 10.9 Å². The summed E-state index contributed by atoms with van der Waals surface area (Å²) in [6, 6.07) is 11.5. The van der Waals surface area contributed by atoms with Crippen molar-refractivity contribution < 1.29 is 13.5 Å². The van der Waals surface area contributed by atoms with E-state index in [0.29, 0.717) is 47.1 Å². The van der Waals surface area contributed by atoms with Crippen molar-refractivity contribution >= 4 is 27.5 Å². The first-order valence-electron chi connectivity index (χ1n) is 14.9. The monoisotopic (exact) mass is 566 g/mol. The Bertz CT molecular complexity index is 1740. The van der Waals surface area contributed by atoms with E-state index < -0.39 is 12.0 Å². The van der Waals surface area contributed by atoms with Crippen molar-refractivity contribution in [1.82, 2.24) is 25.2 Å². The van der Waals surface area contributed by atoms with Crippen molar-refractivity contribution in [2.45, 2.75) is 31.0 Å². The molecule has 4 saturated heterocycles. The van der Waals surface area contributed by atoms with Crippen molar-refractivity contribution in [2.75, 3.05) is 50.8 Å². The standard InChI is InChI=1S/C33H32F2N6O/c1-2-20-6-3-7-21-8-4-9-25(27(20)21)29-28(35)30-26(15-37-29)31(40-16-22-13-36-14-23(22)17-40)39-32(38-30)42-19-33-10-5-11-41(33)18-24(34)12-33/h1,3-4,6-9,15,22-24,36H,5,10-14,16-19H2/t22?,23?,24?,33-/m0/s1. The van der Waals surface area contributed by atoms with Crippen LogP contribution in [0.1, 0.15) is 24.8 Å². The highest BCUT2D eigenvalue weighted by molar-refractivity contribution is 6.02. The largest absolute Gasteiger partial charge is 0.461 e. The Hall–Kier alpha value is -3.87. The van der Waals surface area contributed by atoms with E-state index in [-0.39, 0.29) is 29.4 Å². The molecule has 42 heavy (non-hydrogen) atoms. The number of fused-ring (bicyclic) bond motifs is 4. The predicted molar refractivity (Wildman–Crippen MR) is 159 cm³/mol. The van der Waals surface area contributed by atoms with Gasteiger partial charge in [-0.3, -0.25) is 9.88 Å². The Morgan fingerprint density at radius 2 is 1.90 bits per heavy atom. The van der Waals surface area contributed by atoms with Gasteiger partial charge in [0.25, 0.3) is 0 Å². The minimum Gasteiger partial charge on any atom is -0.461 e. The van der Waals surface area contributed by atoms with Crippen LogP contribution in [-0.2, 0) is 0 Å². The fourth-order valence-electron chi connectivity index (χ4n) is 7.85. The van der Waals surface area contributed by atoms with Crippen LogP contribution < -0.4 is 15.0 Å². The lowest BCUT2D eigenvalue weighted by Crippen LogP contribution is -2.43. The predicted octanol–water partition coefficient (Wildman–Crippen LogP) is 4.58. The summed E-state index contributed by atoms with van der Waals surface area (Å²) in [6.07, 6.45) is 8.98. The lowest BCUT2D eigenvalue weighted by molar-refractivity contribution is 0.107. The summed E-state index contributed by atoms with van der Waals surface area (Å²) in [5.74, 6) is 3.87. The zero-order chi connectivity index (χ0) is 28.4. The van der Waals surface area contributed by atoms with Gasteiger partial charge in [0.1, 0.15) is 29.8 Å². The van der Waals surface area contributed by atoms with Crippen LogP contribution in [-0.4, -0.2) is 77.4 Å². The van der Waals surface area contributed by atoms with Gasteiger partial charge in [-0.25, -0.2) is 8.78 Å². The van der Waals surface area contributed by atoms with Crippen molar-refractivity contribution in [2.24, 2.45) is 11.8 Å². The number of hydrogen-bond donors (Lipinski definition) is 1. The van der Waals surface area contributed by atoms with Crippen LogP contribution in [0.15, 0.2) is 42.6 Å². The number of ether oxygens (including phenoxy) is 1. The van der Waals surface area contributed by atoms with Crippen LogP contribution in [0.5, 0.6) is 6.01 Å². The molecule has 0 amide bonds. The topological polar surface area (TPSA) is 66.4 Å². The Labute approximate surface area is 243 Å². The molecule has 2 aromatic carbocycles. The van der Waals surface area contributed by atoms with Gasteiger partial charge in [-0.2, -0.15) is 9.97 Å². The van der Waals surface area contributed by atoms with Crippen LogP contribution in [0, 0.1) is 30.0 Å². The van der Waals surface area contributed by atoms with Crippen molar-refractivity contribution in [3.05, 3.63) is 54.0 Å². The number of aromatic nitrogens is 3. The zero-order valence-corrected chi connectivity index (χ0v) is 23.3. The number of terminal acetylenes is 1. The van der Waals surface area contributed by atoms with E-state index in [0.717, 1.165) is 56.3 Å². The molecular formula is C33H32F2N6O. The van der Waals surface area contributed by atoms with Gasteiger partial charge in [-0.15, -0.1) is 6.42 Å². The highest BCUT2D eigenvalue weighted by atomic mass is 19.1. The number of hydrogen-bond acceptors (Lipinski definition) is 7. The molecule has 2 aromatic heterocycles. The van der Waals surface area contributed by atoms with E-state index in [1.165, 1.54) is 0 Å². The second-order valence-electron chi connectivity index (χ2n) is 12.3. The number of nitrogens with one attached hydrogen (secondary N) is 1. The molecule has 0 bridgehead atoms. The van der Waals surface area contributed by atoms with Gasteiger partial charge in [-0.05, 0) is 42.7 Å². The second-order valence-corrected chi connectivity index (χ2v) is 12.3. The van der Waals surface area contributed by atoms with Crippen molar-refractivity contribution in [3.63, 3.8) is 0 Å². The fraction of sp³-hybridized carbons (Fsp3) is 0.424. The van der Waals surface area contributed by atoms with Crippen LogP contribution in [0.3, 0.4) is 0 Å². The van der Waals surface area contributed by atoms with Gasteiger partial charge in [0.2, 0.25) is 0 Å². The first-order chi connectivity index (χ1) is 20.5. The Kier molecular flexibility index (Phi) is 6.06. The van der Waals surface area contributed by atoms with E-state index in [1.807, 2.05) is 36.4 Å². The maximum Gasteiger partial charge on any atom is 0.319 e. The average molecular weight is 567 g/mol. The number of pyridine rings is 1. The first-order valence-corrected chi connectivity index (χ1v) is 14.9. The van der Waals surface area contributed by atoms with Gasteiger partial charge >= 0.3 is 6.01 Å². The molecular weight excluding hydrogens is 534 g/mol. The summed E-state index contributed by atoms with van der Waals surface area (Å²) in [6.45, 7) is 5.16. The average Bonchev–Trinajstić information content (AvgIpc) is 3.76. The number of anilines is 1. The van der Waals surface area contributed by atoms with E-state index in [2.05, 4.69) is 31.0 Å². The minimum absolute atomic E-state index is 0.120. The third-order valence-electron chi connectivity index (χ3n) is 9.88. The Morgan fingerprint density at radius 3 is 2.71 bits per heavy atom. The van der Waals surface area contributed by atoms with Crippen LogP contribution in [0.25, 0.3) is 32.9 Å². The molecule has 3 unspecified atom stereocenters. The summed E-state index contributed by atoms with van der Waals surface area (Å²) in [5.41, 5.74) is 1.29. The molecule has 4 aliphatic rings. The van der Waals surface area contributed by atoms with Crippen LogP contribution in [0.4, 0.5) is 14.6 Å².